The maximum absolute atomic E-state index is 3.99. The van der Waals surface area contributed by atoms with E-state index in [1.165, 1.54) is 120 Å². The van der Waals surface area contributed by atoms with E-state index in [1.54, 1.807) is 0 Å². The predicted molar refractivity (Wildman–Crippen MR) is 268 cm³/mol. The second-order valence-electron chi connectivity index (χ2n) is 20.1. The van der Waals surface area contributed by atoms with Crippen molar-refractivity contribution in [2.45, 2.75) is 64.7 Å². The Kier molecular flexibility index (Phi) is 7.13. The Morgan fingerprint density at radius 2 is 1.18 bits per heavy atom. The van der Waals surface area contributed by atoms with E-state index < -0.39 is 0 Å². The summed E-state index contributed by atoms with van der Waals surface area (Å²) in [6.45, 7) is 16.4. The number of aromatic nitrogens is 1. The zero-order valence-electron chi connectivity index (χ0n) is 36.3. The highest BCUT2D eigenvalue weighted by Crippen LogP contribution is 2.53. The van der Waals surface area contributed by atoms with Gasteiger partial charge in [-0.15, -0.1) is 11.3 Å². The van der Waals surface area contributed by atoms with Crippen LogP contribution in [0.4, 0.5) is 11.4 Å². The highest BCUT2D eigenvalue weighted by atomic mass is 32.1. The summed E-state index contributed by atoms with van der Waals surface area (Å²) in [4.78, 5) is 0. The molecule has 4 heteroatoms. The molecule has 0 atom stereocenters. The number of hydrogen-bond donors (Lipinski definition) is 1. The van der Waals surface area contributed by atoms with E-state index in [0.717, 1.165) is 11.4 Å². The second-order valence-corrected chi connectivity index (χ2v) is 21.1. The maximum atomic E-state index is 3.99. The molecule has 1 radical (unpaired) electrons. The molecular formula is C58H46BN2S. The van der Waals surface area contributed by atoms with Gasteiger partial charge in [0.15, 0.2) is 7.28 Å². The number of benzene rings is 8. The number of thiophene rings is 1. The first kappa shape index (κ1) is 36.3. The van der Waals surface area contributed by atoms with Gasteiger partial charge >= 0.3 is 0 Å². The first-order chi connectivity index (χ1) is 29.9. The van der Waals surface area contributed by atoms with Crippen molar-refractivity contribution < 1.29 is 0 Å². The van der Waals surface area contributed by atoms with E-state index in [0.29, 0.717) is 0 Å². The maximum Gasteiger partial charge on any atom is 0.197 e. The van der Waals surface area contributed by atoms with Crippen LogP contribution in [-0.4, -0.2) is 11.8 Å². The van der Waals surface area contributed by atoms with Crippen LogP contribution in [0.5, 0.6) is 0 Å². The van der Waals surface area contributed by atoms with Crippen molar-refractivity contribution in [3.8, 4) is 39.1 Å². The van der Waals surface area contributed by atoms with E-state index in [1.807, 2.05) is 11.3 Å². The van der Waals surface area contributed by atoms with Gasteiger partial charge in [-0.1, -0.05) is 151 Å². The average molecular weight is 814 g/mol. The molecule has 2 aliphatic carbocycles. The van der Waals surface area contributed by atoms with Crippen molar-refractivity contribution in [3.63, 3.8) is 0 Å². The Bertz CT molecular complexity index is 3610. The van der Waals surface area contributed by atoms with Crippen LogP contribution in [-0.2, 0) is 16.2 Å². The molecule has 8 aromatic carbocycles. The normalized spacial score (nSPS) is 15.1. The zero-order chi connectivity index (χ0) is 42.0. The number of fused-ring (bicyclic) bond motifs is 14. The Morgan fingerprint density at radius 3 is 1.90 bits per heavy atom. The molecule has 3 heterocycles. The minimum absolute atomic E-state index is 0.0793. The topological polar surface area (TPSA) is 17.0 Å². The second kappa shape index (κ2) is 12.2. The van der Waals surface area contributed by atoms with E-state index in [-0.39, 0.29) is 16.2 Å². The van der Waals surface area contributed by atoms with Gasteiger partial charge in [-0.3, -0.25) is 0 Å². The first-order valence-corrected chi connectivity index (χ1v) is 22.9. The van der Waals surface area contributed by atoms with Gasteiger partial charge in [0.25, 0.3) is 0 Å². The van der Waals surface area contributed by atoms with Crippen molar-refractivity contribution >= 4 is 82.9 Å². The number of hydrogen-bond acceptors (Lipinski definition) is 2. The summed E-state index contributed by atoms with van der Waals surface area (Å²) in [7, 11) is 2.50. The van der Waals surface area contributed by atoms with Crippen molar-refractivity contribution in [2.24, 2.45) is 0 Å². The van der Waals surface area contributed by atoms with Crippen molar-refractivity contribution in [1.29, 1.82) is 0 Å². The van der Waals surface area contributed by atoms with Gasteiger partial charge in [0, 0.05) is 69.9 Å². The number of anilines is 2. The molecule has 1 N–H and O–H groups in total. The SMILES string of the molecule is CC(C)(C)c1ccc(Nc2cc3c(cc2-c2ccc4c5cc6sc7ccccc7c6cc5n5c4c2[B]c2cc4c(cc2-5)C(C)(C)c2ccccc2-4)-c2ccccc2C3(C)C)cc1. The standard InChI is InChI=1S/C58H46BN2S/c1-56(2,3)32-20-22-33(23-21-32)60-49-30-46-39(34-14-8-11-17-44(34)57(46,4)5)26-41(49)37-24-25-38-42-29-53-43(36-16-10-13-19-52(36)62-53)28-50(42)61-51-31-47-40(27-48(51)59-54(37)55(38)61)35-15-9-12-18-45(35)58(47,6)7/h8-31,60H,1-7H3. The highest BCUT2D eigenvalue weighted by Gasteiger charge is 2.39. The lowest BCUT2D eigenvalue weighted by atomic mass is 9.58. The van der Waals surface area contributed by atoms with Crippen LogP contribution in [0.25, 0.3) is 81.0 Å². The fourth-order valence-corrected chi connectivity index (χ4v) is 12.6. The van der Waals surface area contributed by atoms with E-state index in [4.69, 9.17) is 0 Å². The van der Waals surface area contributed by atoms with Gasteiger partial charge in [-0.2, -0.15) is 0 Å². The Morgan fingerprint density at radius 1 is 0.516 bits per heavy atom. The lowest BCUT2D eigenvalue weighted by molar-refractivity contribution is 0.590. The first-order valence-electron chi connectivity index (χ1n) is 22.1. The molecule has 0 amide bonds. The molecule has 13 rings (SSSR count). The fourth-order valence-electron chi connectivity index (χ4n) is 11.5. The van der Waals surface area contributed by atoms with E-state index in [9.17, 15) is 0 Å². The van der Waals surface area contributed by atoms with Crippen LogP contribution in [0, 0.1) is 0 Å². The van der Waals surface area contributed by atoms with Gasteiger partial charge < -0.3 is 9.88 Å². The Hall–Kier alpha value is -6.36. The van der Waals surface area contributed by atoms with Gasteiger partial charge in [0.1, 0.15) is 0 Å². The molecule has 0 fully saturated rings. The molecule has 10 aromatic rings. The summed E-state index contributed by atoms with van der Waals surface area (Å²) in [5.41, 5.74) is 23.0. The van der Waals surface area contributed by atoms with Crippen LogP contribution in [0.3, 0.4) is 0 Å². The lowest BCUT2D eigenvalue weighted by Gasteiger charge is -2.28. The van der Waals surface area contributed by atoms with Gasteiger partial charge in [-0.25, -0.2) is 0 Å². The molecular weight excluding hydrogens is 768 g/mol. The summed E-state index contributed by atoms with van der Waals surface area (Å²) >= 11 is 1.90. The third-order valence-corrected chi connectivity index (χ3v) is 15.9. The van der Waals surface area contributed by atoms with Gasteiger partial charge in [0.05, 0.1) is 5.52 Å². The molecule has 2 aromatic heterocycles. The number of nitrogens with zero attached hydrogens (tertiary/aromatic N) is 1. The average Bonchev–Trinajstić information content (AvgIpc) is 3.93. The molecule has 62 heavy (non-hydrogen) atoms. The third kappa shape index (κ3) is 4.82. The third-order valence-electron chi connectivity index (χ3n) is 14.8. The van der Waals surface area contributed by atoms with Crippen LogP contribution in [0.1, 0.15) is 76.3 Å². The lowest BCUT2D eigenvalue weighted by Crippen LogP contribution is -2.37. The fraction of sp³-hybridized carbons (Fsp3) is 0.172. The van der Waals surface area contributed by atoms with E-state index >= 15 is 0 Å². The molecule has 0 unspecified atom stereocenters. The quantitative estimate of drug-likeness (QED) is 0.176. The highest BCUT2D eigenvalue weighted by molar-refractivity contribution is 7.25. The van der Waals surface area contributed by atoms with E-state index in [2.05, 4.69) is 211 Å². The molecule has 1 aliphatic heterocycles. The smallest absolute Gasteiger partial charge is 0.197 e. The Labute approximate surface area is 368 Å². The molecule has 0 saturated carbocycles. The largest absolute Gasteiger partial charge is 0.355 e. The van der Waals surface area contributed by atoms with Crippen LogP contribution >= 0.6 is 11.3 Å². The van der Waals surface area contributed by atoms with Crippen LogP contribution in [0.15, 0.2) is 146 Å². The van der Waals surface area contributed by atoms with Gasteiger partial charge in [-0.05, 0) is 115 Å². The summed E-state index contributed by atoms with van der Waals surface area (Å²) in [5, 5.41) is 9.24. The summed E-state index contributed by atoms with van der Waals surface area (Å²) < 4.78 is 5.29. The molecule has 0 saturated heterocycles. The van der Waals surface area contributed by atoms with Crippen LogP contribution in [0.2, 0.25) is 0 Å². The number of nitrogens with one attached hydrogen (secondary N) is 1. The van der Waals surface area contributed by atoms with Gasteiger partial charge in [0.2, 0.25) is 0 Å². The predicted octanol–water partition coefficient (Wildman–Crippen LogP) is 14.4. The van der Waals surface area contributed by atoms with Crippen molar-refractivity contribution in [2.75, 3.05) is 5.32 Å². The molecule has 297 valence electrons. The minimum Gasteiger partial charge on any atom is -0.355 e. The summed E-state index contributed by atoms with van der Waals surface area (Å²) in [5.74, 6) is 0. The van der Waals surface area contributed by atoms with Crippen molar-refractivity contribution in [3.05, 3.63) is 173 Å². The minimum atomic E-state index is -0.131. The number of rotatable bonds is 3. The molecule has 0 spiro atoms. The molecule has 3 aliphatic rings. The molecule has 2 nitrogen and oxygen atoms in total. The molecule has 0 bridgehead atoms. The van der Waals surface area contributed by atoms with Crippen LogP contribution < -0.4 is 16.2 Å². The Balaban J connectivity index is 1.11. The zero-order valence-corrected chi connectivity index (χ0v) is 37.1. The summed E-state index contributed by atoms with van der Waals surface area (Å²) in [6, 6.07) is 55.7. The van der Waals surface area contributed by atoms with Crippen molar-refractivity contribution in [1.82, 2.24) is 4.57 Å². The monoisotopic (exact) mass is 813 g/mol. The summed E-state index contributed by atoms with van der Waals surface area (Å²) in [6.07, 6.45) is 0.